The topological polar surface area (TPSA) is 38.9 Å². The van der Waals surface area contributed by atoms with Gasteiger partial charge in [0, 0.05) is 5.92 Å². The highest BCUT2D eigenvalue weighted by Gasteiger charge is 2.20. The molecule has 0 N–H and O–H groups in total. The minimum absolute atomic E-state index is 0.314. The first-order valence-electron chi connectivity index (χ1n) is 4.36. The van der Waals surface area contributed by atoms with E-state index in [1.54, 1.807) is 0 Å². The minimum Gasteiger partial charge on any atom is -0.338 e. The van der Waals surface area contributed by atoms with Gasteiger partial charge in [0.25, 0.3) is 0 Å². The Balaban J connectivity index is 2.05. The predicted molar refractivity (Wildman–Crippen MR) is 53.2 cm³/mol. The fourth-order valence-electron chi connectivity index (χ4n) is 1.44. The molecule has 13 heavy (non-hydrogen) atoms. The third-order valence-electron chi connectivity index (χ3n) is 2.18. The average molecular weight is 219 g/mol. The van der Waals surface area contributed by atoms with Gasteiger partial charge in [0.2, 0.25) is 5.89 Å². The number of hydrogen-bond acceptors (Lipinski definition) is 4. The van der Waals surface area contributed by atoms with Crippen LogP contribution in [0.2, 0.25) is 0 Å². The van der Waals surface area contributed by atoms with Crippen molar-refractivity contribution < 1.29 is 4.52 Å². The number of halogens is 1. The van der Waals surface area contributed by atoms with E-state index in [1.165, 1.54) is 11.5 Å². The van der Waals surface area contributed by atoms with Crippen molar-refractivity contribution in [3.63, 3.8) is 0 Å². The molecule has 1 aromatic heterocycles. The maximum Gasteiger partial charge on any atom is 0.241 e. The molecule has 0 aromatic carbocycles. The smallest absolute Gasteiger partial charge is 0.241 e. The van der Waals surface area contributed by atoms with Crippen LogP contribution >= 0.6 is 23.4 Å². The summed E-state index contributed by atoms with van der Waals surface area (Å²) in [4.78, 5) is 4.23. The molecule has 1 aliphatic heterocycles. The first kappa shape index (κ1) is 9.34. The van der Waals surface area contributed by atoms with Crippen LogP contribution in [0.4, 0.5) is 0 Å². The molecule has 1 aromatic rings. The maximum atomic E-state index is 5.58. The van der Waals surface area contributed by atoms with Gasteiger partial charge in [0.1, 0.15) is 5.88 Å². The van der Waals surface area contributed by atoms with Crippen molar-refractivity contribution in [1.29, 1.82) is 0 Å². The fourth-order valence-corrected chi connectivity index (χ4v) is 2.66. The summed E-state index contributed by atoms with van der Waals surface area (Å²) in [6, 6.07) is 0. The monoisotopic (exact) mass is 218 g/mol. The lowest BCUT2D eigenvalue weighted by molar-refractivity contribution is 0.378. The van der Waals surface area contributed by atoms with E-state index in [-0.39, 0.29) is 0 Å². The summed E-state index contributed by atoms with van der Waals surface area (Å²) in [6.07, 6.45) is 2.32. The summed E-state index contributed by atoms with van der Waals surface area (Å²) < 4.78 is 4.97. The van der Waals surface area contributed by atoms with Gasteiger partial charge in [-0.2, -0.15) is 16.7 Å². The Hall–Kier alpha value is -0.220. The fraction of sp³-hybridized carbons (Fsp3) is 0.750. The molecule has 3 nitrogen and oxygen atoms in total. The predicted octanol–water partition coefficient (Wildman–Crippen LogP) is 2.42. The van der Waals surface area contributed by atoms with E-state index in [0.29, 0.717) is 17.7 Å². The normalized spacial score (nSPS) is 19.2. The van der Waals surface area contributed by atoms with Gasteiger partial charge in [-0.25, -0.2) is 0 Å². The second kappa shape index (κ2) is 4.33. The Bertz CT molecular complexity index is 273. The zero-order chi connectivity index (χ0) is 9.10. The van der Waals surface area contributed by atoms with E-state index >= 15 is 0 Å². The third-order valence-corrected chi connectivity index (χ3v) is 3.46. The Labute approximate surface area is 86.2 Å². The third kappa shape index (κ3) is 2.17. The molecule has 2 heterocycles. The van der Waals surface area contributed by atoms with Crippen molar-refractivity contribution in [3.05, 3.63) is 11.7 Å². The summed E-state index contributed by atoms with van der Waals surface area (Å²) in [7, 11) is 0. The van der Waals surface area contributed by atoms with Gasteiger partial charge in [-0.1, -0.05) is 5.16 Å². The molecule has 5 heteroatoms. The molecule has 0 amide bonds. The van der Waals surface area contributed by atoms with E-state index in [0.717, 1.165) is 18.7 Å². The van der Waals surface area contributed by atoms with Gasteiger partial charge >= 0.3 is 0 Å². The number of nitrogens with zero attached hydrogens (tertiary/aromatic N) is 2. The molecule has 0 bridgehead atoms. The maximum absolute atomic E-state index is 5.58. The van der Waals surface area contributed by atoms with E-state index < -0.39 is 0 Å². The van der Waals surface area contributed by atoms with E-state index in [1.807, 2.05) is 11.8 Å². The number of thioether (sulfide) groups is 1. The van der Waals surface area contributed by atoms with Crippen molar-refractivity contribution in [2.75, 3.05) is 11.5 Å². The number of hydrogen-bond donors (Lipinski definition) is 0. The van der Waals surface area contributed by atoms with Crippen LogP contribution in [0.1, 0.15) is 30.5 Å². The Kier molecular flexibility index (Phi) is 3.11. The van der Waals surface area contributed by atoms with E-state index in [2.05, 4.69) is 10.1 Å². The first-order chi connectivity index (χ1) is 6.40. The van der Waals surface area contributed by atoms with Gasteiger partial charge < -0.3 is 4.52 Å². The highest BCUT2D eigenvalue weighted by molar-refractivity contribution is 7.99. The summed E-state index contributed by atoms with van der Waals surface area (Å²) >= 11 is 7.57. The summed E-state index contributed by atoms with van der Waals surface area (Å²) in [5, 5.41) is 3.93. The lowest BCUT2D eigenvalue weighted by atomic mass is 10.0. The van der Waals surface area contributed by atoms with Crippen molar-refractivity contribution in [3.8, 4) is 0 Å². The lowest BCUT2D eigenvalue weighted by Gasteiger charge is -2.17. The van der Waals surface area contributed by atoms with Crippen LogP contribution in [0, 0.1) is 0 Å². The van der Waals surface area contributed by atoms with Gasteiger partial charge in [-0.05, 0) is 24.3 Å². The number of aromatic nitrogens is 2. The average Bonchev–Trinajstić information content (AvgIpc) is 2.67. The molecule has 0 aliphatic carbocycles. The largest absolute Gasteiger partial charge is 0.338 e. The van der Waals surface area contributed by atoms with Crippen LogP contribution < -0.4 is 0 Å². The van der Waals surface area contributed by atoms with Crippen LogP contribution in [-0.4, -0.2) is 21.6 Å². The molecule has 2 rings (SSSR count). The van der Waals surface area contributed by atoms with Crippen molar-refractivity contribution in [2.45, 2.75) is 24.6 Å². The molecule has 72 valence electrons. The second-order valence-electron chi connectivity index (χ2n) is 3.07. The van der Waals surface area contributed by atoms with Gasteiger partial charge in [-0.3, -0.25) is 0 Å². The quantitative estimate of drug-likeness (QED) is 0.715. The molecular weight excluding hydrogens is 208 g/mol. The minimum atomic E-state index is 0.314. The van der Waals surface area contributed by atoms with Gasteiger partial charge in [0.15, 0.2) is 5.82 Å². The zero-order valence-electron chi connectivity index (χ0n) is 7.20. The molecule has 0 spiro atoms. The summed E-state index contributed by atoms with van der Waals surface area (Å²) in [5.74, 6) is 4.59. The van der Waals surface area contributed by atoms with Crippen LogP contribution in [-0.2, 0) is 5.88 Å². The Morgan fingerprint density at radius 1 is 1.46 bits per heavy atom. The number of rotatable bonds is 2. The molecular formula is C8H11ClN2OS. The molecule has 1 fully saturated rings. The summed E-state index contributed by atoms with van der Waals surface area (Å²) in [5.41, 5.74) is 0. The Morgan fingerprint density at radius 3 is 2.85 bits per heavy atom. The van der Waals surface area contributed by atoms with E-state index in [9.17, 15) is 0 Å². The zero-order valence-corrected chi connectivity index (χ0v) is 8.77. The van der Waals surface area contributed by atoms with Gasteiger partial charge in [-0.15, -0.1) is 11.6 Å². The summed E-state index contributed by atoms with van der Waals surface area (Å²) in [6.45, 7) is 0. The van der Waals surface area contributed by atoms with Crippen molar-refractivity contribution in [2.24, 2.45) is 0 Å². The van der Waals surface area contributed by atoms with Crippen LogP contribution in [0.3, 0.4) is 0 Å². The molecule has 0 unspecified atom stereocenters. The second-order valence-corrected chi connectivity index (χ2v) is 4.56. The van der Waals surface area contributed by atoms with Crippen molar-refractivity contribution >= 4 is 23.4 Å². The van der Waals surface area contributed by atoms with Crippen LogP contribution in [0.5, 0.6) is 0 Å². The molecule has 0 saturated carbocycles. The Morgan fingerprint density at radius 2 is 2.23 bits per heavy atom. The molecule has 0 atom stereocenters. The van der Waals surface area contributed by atoms with Crippen LogP contribution in [0.15, 0.2) is 4.52 Å². The SMILES string of the molecule is ClCc1nc(C2CCSCC2)no1. The first-order valence-corrected chi connectivity index (χ1v) is 6.05. The highest BCUT2D eigenvalue weighted by atomic mass is 35.5. The molecule has 1 saturated heterocycles. The number of alkyl halides is 1. The molecule has 0 radical (unpaired) electrons. The van der Waals surface area contributed by atoms with E-state index in [4.69, 9.17) is 16.1 Å². The highest BCUT2D eigenvalue weighted by Crippen LogP contribution is 2.29. The molecule has 1 aliphatic rings. The lowest BCUT2D eigenvalue weighted by Crippen LogP contribution is -2.09. The standard InChI is InChI=1S/C8H11ClN2OS/c9-5-7-10-8(11-12-7)6-1-3-13-4-2-6/h6H,1-5H2. The van der Waals surface area contributed by atoms with Crippen LogP contribution in [0.25, 0.3) is 0 Å². The van der Waals surface area contributed by atoms with Crippen molar-refractivity contribution in [1.82, 2.24) is 10.1 Å². The van der Waals surface area contributed by atoms with Gasteiger partial charge in [0.05, 0.1) is 0 Å².